The highest BCUT2D eigenvalue weighted by atomic mass is 79.9. The molecule has 1 fully saturated rings. The van der Waals surface area contributed by atoms with Gasteiger partial charge in [-0.25, -0.2) is 9.97 Å². The normalized spacial score (nSPS) is 24.4. The molecule has 1 saturated heterocycles. The van der Waals surface area contributed by atoms with Crippen molar-refractivity contribution >= 4 is 27.7 Å². The molecule has 1 aromatic heterocycles. The van der Waals surface area contributed by atoms with Crippen LogP contribution in [0, 0.1) is 5.92 Å². The summed E-state index contributed by atoms with van der Waals surface area (Å²) < 4.78 is 5.98. The Kier molecular flexibility index (Phi) is 3.50. The Morgan fingerprint density at radius 1 is 1.56 bits per heavy atom. The SMILES string of the molecule is CC1CC(C(=O)Nc2cnc(Br)cn2)CO1. The van der Waals surface area contributed by atoms with Gasteiger partial charge in [-0.1, -0.05) is 0 Å². The number of hydrogen-bond acceptors (Lipinski definition) is 4. The minimum Gasteiger partial charge on any atom is -0.378 e. The summed E-state index contributed by atoms with van der Waals surface area (Å²) in [6.45, 7) is 2.45. The minimum atomic E-state index is -0.0829. The number of nitrogens with zero attached hydrogens (tertiary/aromatic N) is 2. The molecule has 16 heavy (non-hydrogen) atoms. The lowest BCUT2D eigenvalue weighted by molar-refractivity contribution is -0.119. The fourth-order valence-electron chi connectivity index (χ4n) is 1.61. The van der Waals surface area contributed by atoms with E-state index in [1.54, 1.807) is 6.20 Å². The molecule has 0 aliphatic carbocycles. The Balaban J connectivity index is 1.94. The number of nitrogens with one attached hydrogen (secondary N) is 1. The molecule has 1 N–H and O–H groups in total. The molecule has 5 nitrogen and oxygen atoms in total. The molecule has 0 spiro atoms. The van der Waals surface area contributed by atoms with Crippen LogP contribution < -0.4 is 5.32 Å². The van der Waals surface area contributed by atoms with Gasteiger partial charge < -0.3 is 10.1 Å². The topological polar surface area (TPSA) is 64.1 Å². The second-order valence-corrected chi connectivity index (χ2v) is 4.60. The van der Waals surface area contributed by atoms with Crippen LogP contribution in [0.5, 0.6) is 0 Å². The average molecular weight is 286 g/mol. The molecule has 86 valence electrons. The summed E-state index contributed by atoms with van der Waals surface area (Å²) in [5.41, 5.74) is 0. The minimum absolute atomic E-state index is 0.0547. The molecule has 1 aromatic rings. The van der Waals surface area contributed by atoms with Gasteiger partial charge in [0, 0.05) is 0 Å². The number of aromatic nitrogens is 2. The van der Waals surface area contributed by atoms with Gasteiger partial charge in [-0.2, -0.15) is 0 Å². The van der Waals surface area contributed by atoms with Gasteiger partial charge in [-0.05, 0) is 29.3 Å². The first-order valence-corrected chi connectivity index (χ1v) is 5.84. The first kappa shape index (κ1) is 11.5. The standard InChI is InChI=1S/C10H12BrN3O2/c1-6-2-7(5-16-6)10(15)14-9-4-12-8(11)3-13-9/h3-4,6-7H,2,5H2,1H3,(H,13,14,15). The van der Waals surface area contributed by atoms with E-state index >= 15 is 0 Å². The summed E-state index contributed by atoms with van der Waals surface area (Å²) in [4.78, 5) is 19.8. The van der Waals surface area contributed by atoms with Crippen LogP contribution in [0.4, 0.5) is 5.82 Å². The van der Waals surface area contributed by atoms with Crippen LogP contribution in [-0.4, -0.2) is 28.6 Å². The summed E-state index contributed by atoms with van der Waals surface area (Å²) in [5.74, 6) is 0.328. The van der Waals surface area contributed by atoms with Crippen molar-refractivity contribution in [3.63, 3.8) is 0 Å². The van der Waals surface area contributed by atoms with Crippen LogP contribution in [0.15, 0.2) is 17.0 Å². The number of ether oxygens (including phenoxy) is 1. The van der Waals surface area contributed by atoms with Gasteiger partial charge in [0.1, 0.15) is 4.60 Å². The fourth-order valence-corrected chi connectivity index (χ4v) is 1.81. The van der Waals surface area contributed by atoms with E-state index in [1.807, 2.05) is 6.92 Å². The number of amides is 1. The lowest BCUT2D eigenvalue weighted by atomic mass is 10.1. The van der Waals surface area contributed by atoms with Crippen LogP contribution in [0.1, 0.15) is 13.3 Å². The van der Waals surface area contributed by atoms with Gasteiger partial charge in [-0.3, -0.25) is 4.79 Å². The van der Waals surface area contributed by atoms with Gasteiger partial charge in [0.15, 0.2) is 5.82 Å². The molecule has 0 radical (unpaired) electrons. The van der Waals surface area contributed by atoms with Crippen molar-refractivity contribution in [1.29, 1.82) is 0 Å². The molecule has 0 saturated carbocycles. The molecule has 2 atom stereocenters. The number of carbonyl (C=O) groups excluding carboxylic acids is 1. The maximum atomic E-state index is 11.8. The summed E-state index contributed by atoms with van der Waals surface area (Å²) in [6.07, 6.45) is 3.98. The molecule has 2 unspecified atom stereocenters. The highest BCUT2D eigenvalue weighted by molar-refractivity contribution is 9.10. The maximum Gasteiger partial charge on any atom is 0.231 e. The number of anilines is 1. The third-order valence-corrected chi connectivity index (χ3v) is 2.85. The molecule has 0 aromatic carbocycles. The summed E-state index contributed by atoms with van der Waals surface area (Å²) >= 11 is 3.18. The third-order valence-electron chi connectivity index (χ3n) is 2.44. The van der Waals surface area contributed by atoms with Crippen molar-refractivity contribution in [2.75, 3.05) is 11.9 Å². The van der Waals surface area contributed by atoms with E-state index in [1.165, 1.54) is 6.20 Å². The molecule has 1 aliphatic heterocycles. The quantitative estimate of drug-likeness (QED) is 0.897. The van der Waals surface area contributed by atoms with Gasteiger partial charge >= 0.3 is 0 Å². The summed E-state index contributed by atoms with van der Waals surface area (Å²) in [6, 6.07) is 0. The molecule has 1 aliphatic rings. The van der Waals surface area contributed by atoms with Gasteiger partial charge in [0.05, 0.1) is 31.0 Å². The monoisotopic (exact) mass is 285 g/mol. The second kappa shape index (κ2) is 4.88. The van der Waals surface area contributed by atoms with Gasteiger partial charge in [0.2, 0.25) is 5.91 Å². The number of hydrogen-bond donors (Lipinski definition) is 1. The lowest BCUT2D eigenvalue weighted by Crippen LogP contribution is -2.23. The molecule has 2 rings (SSSR count). The maximum absolute atomic E-state index is 11.8. The first-order valence-electron chi connectivity index (χ1n) is 5.05. The Bertz CT molecular complexity index is 382. The largest absolute Gasteiger partial charge is 0.378 e. The zero-order chi connectivity index (χ0) is 11.5. The summed E-state index contributed by atoms with van der Waals surface area (Å²) in [5, 5.41) is 2.72. The molecule has 2 heterocycles. The average Bonchev–Trinajstić information content (AvgIpc) is 2.68. The van der Waals surface area contributed by atoms with Crippen molar-refractivity contribution in [1.82, 2.24) is 9.97 Å². The molecule has 0 bridgehead atoms. The Morgan fingerprint density at radius 2 is 2.38 bits per heavy atom. The van der Waals surface area contributed by atoms with Gasteiger partial charge in [-0.15, -0.1) is 0 Å². The smallest absolute Gasteiger partial charge is 0.231 e. The van der Waals surface area contributed by atoms with Crippen molar-refractivity contribution in [3.8, 4) is 0 Å². The first-order chi connectivity index (χ1) is 7.65. The molecular weight excluding hydrogens is 274 g/mol. The van der Waals surface area contributed by atoms with E-state index in [4.69, 9.17) is 4.74 Å². The zero-order valence-corrected chi connectivity index (χ0v) is 10.4. The second-order valence-electron chi connectivity index (χ2n) is 3.79. The van der Waals surface area contributed by atoms with Crippen LogP contribution in [0.3, 0.4) is 0 Å². The summed E-state index contributed by atoms with van der Waals surface area (Å²) in [7, 11) is 0. The van der Waals surface area contributed by atoms with E-state index in [2.05, 4.69) is 31.2 Å². The number of carbonyl (C=O) groups is 1. The number of halogens is 1. The Hall–Kier alpha value is -1.01. The van der Waals surface area contributed by atoms with Crippen molar-refractivity contribution in [2.24, 2.45) is 5.92 Å². The molecular formula is C10H12BrN3O2. The predicted octanol–water partition coefficient (Wildman–Crippen LogP) is 1.60. The van der Waals surface area contributed by atoms with E-state index < -0.39 is 0 Å². The number of rotatable bonds is 2. The van der Waals surface area contributed by atoms with E-state index in [0.717, 1.165) is 6.42 Å². The fraction of sp³-hybridized carbons (Fsp3) is 0.500. The van der Waals surface area contributed by atoms with Crippen molar-refractivity contribution < 1.29 is 9.53 Å². The van der Waals surface area contributed by atoms with E-state index in [0.29, 0.717) is 17.0 Å². The highest BCUT2D eigenvalue weighted by Crippen LogP contribution is 2.20. The van der Waals surface area contributed by atoms with Crippen LogP contribution in [0.2, 0.25) is 0 Å². The predicted molar refractivity (Wildman–Crippen MR) is 61.9 cm³/mol. The van der Waals surface area contributed by atoms with Crippen LogP contribution in [-0.2, 0) is 9.53 Å². The van der Waals surface area contributed by atoms with E-state index in [9.17, 15) is 4.79 Å². The van der Waals surface area contributed by atoms with Crippen LogP contribution >= 0.6 is 15.9 Å². The lowest BCUT2D eigenvalue weighted by Gasteiger charge is -2.07. The van der Waals surface area contributed by atoms with Crippen LogP contribution in [0.25, 0.3) is 0 Å². The molecule has 1 amide bonds. The van der Waals surface area contributed by atoms with Gasteiger partial charge in [0.25, 0.3) is 0 Å². The Labute approximate surface area is 102 Å². The van der Waals surface area contributed by atoms with Crippen molar-refractivity contribution in [2.45, 2.75) is 19.4 Å². The zero-order valence-electron chi connectivity index (χ0n) is 8.81. The highest BCUT2D eigenvalue weighted by Gasteiger charge is 2.28. The Morgan fingerprint density at radius 3 is 2.94 bits per heavy atom. The third kappa shape index (κ3) is 2.76. The van der Waals surface area contributed by atoms with Crippen molar-refractivity contribution in [3.05, 3.63) is 17.0 Å². The molecule has 6 heteroatoms. The van der Waals surface area contributed by atoms with E-state index in [-0.39, 0.29) is 17.9 Å².